The Balaban J connectivity index is 2.39. The Morgan fingerprint density at radius 3 is 2.50 bits per heavy atom. The first kappa shape index (κ1) is 16.9. The maximum absolute atomic E-state index is 11.4. The number of carbonyl (C=O) groups is 2. The number of cyclic esters (lactones) is 2. The summed E-state index contributed by atoms with van der Waals surface area (Å²) in [7, 11) is 0. The molecule has 0 amide bonds. The Kier molecular flexibility index (Phi) is 5.51. The number of hydrogen-bond acceptors (Lipinski definition) is 4. The molecule has 1 unspecified atom stereocenters. The molecule has 0 aromatic heterocycles. The van der Waals surface area contributed by atoms with Crippen molar-refractivity contribution in [1.82, 2.24) is 0 Å². The monoisotopic (exact) mass is 282 g/mol. The van der Waals surface area contributed by atoms with Crippen LogP contribution in [-0.2, 0) is 19.1 Å². The van der Waals surface area contributed by atoms with Gasteiger partial charge in [0.15, 0.2) is 0 Å². The molecule has 0 aliphatic carbocycles. The molecule has 1 heterocycles. The van der Waals surface area contributed by atoms with Gasteiger partial charge in [0.05, 0.1) is 24.5 Å². The number of esters is 2. The van der Waals surface area contributed by atoms with Crippen LogP contribution in [0.2, 0.25) is 0 Å². The van der Waals surface area contributed by atoms with Gasteiger partial charge in [-0.2, -0.15) is 0 Å². The minimum absolute atomic E-state index is 0.0568. The molecule has 0 aromatic rings. The molecule has 1 fully saturated rings. The first-order valence-electron chi connectivity index (χ1n) is 7.15. The van der Waals surface area contributed by atoms with Crippen LogP contribution >= 0.6 is 0 Å². The van der Waals surface area contributed by atoms with Crippen LogP contribution in [0.25, 0.3) is 0 Å². The van der Waals surface area contributed by atoms with Crippen molar-refractivity contribution in [1.29, 1.82) is 0 Å². The van der Waals surface area contributed by atoms with Gasteiger partial charge in [-0.15, -0.1) is 6.58 Å². The minimum atomic E-state index is -0.411. The van der Waals surface area contributed by atoms with Crippen LogP contribution in [0.1, 0.15) is 53.4 Å². The van der Waals surface area contributed by atoms with E-state index >= 15 is 0 Å². The average molecular weight is 282 g/mol. The van der Waals surface area contributed by atoms with Gasteiger partial charge in [-0.25, -0.2) is 0 Å². The van der Waals surface area contributed by atoms with Crippen molar-refractivity contribution >= 4 is 11.9 Å². The number of allylic oxidation sites excluding steroid dienone is 1. The molecule has 4 nitrogen and oxygen atoms in total. The van der Waals surface area contributed by atoms with Crippen molar-refractivity contribution in [3.05, 3.63) is 12.7 Å². The zero-order valence-electron chi connectivity index (χ0n) is 13.0. The summed E-state index contributed by atoms with van der Waals surface area (Å²) in [5.41, 5.74) is -0.258. The van der Waals surface area contributed by atoms with Crippen LogP contribution in [0.5, 0.6) is 0 Å². The molecule has 114 valence electrons. The van der Waals surface area contributed by atoms with E-state index in [9.17, 15) is 9.59 Å². The molecule has 0 radical (unpaired) electrons. The third-order valence-corrected chi connectivity index (χ3v) is 3.61. The fraction of sp³-hybridized carbons (Fsp3) is 0.750. The second-order valence-corrected chi connectivity index (χ2v) is 6.94. The minimum Gasteiger partial charge on any atom is -0.393 e. The molecule has 0 aromatic carbocycles. The molecule has 1 saturated heterocycles. The highest BCUT2D eigenvalue weighted by Crippen LogP contribution is 2.29. The normalized spacial score (nSPS) is 20.1. The highest BCUT2D eigenvalue weighted by molar-refractivity contribution is 5.94. The average Bonchev–Trinajstić information content (AvgIpc) is 2.63. The van der Waals surface area contributed by atoms with Gasteiger partial charge < -0.3 is 9.47 Å². The van der Waals surface area contributed by atoms with Crippen LogP contribution in [-0.4, -0.2) is 24.1 Å². The van der Waals surface area contributed by atoms with Gasteiger partial charge in [0, 0.05) is 0 Å². The summed E-state index contributed by atoms with van der Waals surface area (Å²) in [5, 5.41) is 0. The molecule has 0 spiro atoms. The summed E-state index contributed by atoms with van der Waals surface area (Å²) < 4.78 is 10.5. The molecule has 1 aliphatic heterocycles. The molecule has 0 N–H and O–H groups in total. The van der Waals surface area contributed by atoms with E-state index in [4.69, 9.17) is 4.74 Å². The van der Waals surface area contributed by atoms with E-state index in [1.165, 1.54) is 0 Å². The van der Waals surface area contributed by atoms with E-state index in [0.29, 0.717) is 13.0 Å². The Morgan fingerprint density at radius 2 is 2.00 bits per heavy atom. The lowest BCUT2D eigenvalue weighted by Crippen LogP contribution is -2.31. The van der Waals surface area contributed by atoms with E-state index in [2.05, 4.69) is 25.2 Å². The van der Waals surface area contributed by atoms with Gasteiger partial charge >= 0.3 is 11.9 Å². The molecular formula is C16H26O4. The second-order valence-electron chi connectivity index (χ2n) is 6.94. The third-order valence-electron chi connectivity index (χ3n) is 3.61. The summed E-state index contributed by atoms with van der Waals surface area (Å²) >= 11 is 0. The van der Waals surface area contributed by atoms with Crippen LogP contribution < -0.4 is 0 Å². The van der Waals surface area contributed by atoms with E-state index in [1.807, 2.05) is 19.9 Å². The molecular weight excluding hydrogens is 256 g/mol. The van der Waals surface area contributed by atoms with Crippen LogP contribution in [0.15, 0.2) is 12.7 Å². The molecule has 1 aliphatic rings. The van der Waals surface area contributed by atoms with E-state index in [0.717, 1.165) is 12.8 Å². The summed E-state index contributed by atoms with van der Waals surface area (Å²) in [5.74, 6) is -1.10. The Hall–Kier alpha value is -1.16. The lowest BCUT2D eigenvalue weighted by atomic mass is 9.89. The number of carbonyl (C=O) groups excluding carboxylic acids is 2. The molecule has 0 bridgehead atoms. The first-order chi connectivity index (χ1) is 9.15. The van der Waals surface area contributed by atoms with E-state index in [-0.39, 0.29) is 23.4 Å². The lowest BCUT2D eigenvalue weighted by molar-refractivity contribution is -0.153. The first-order valence-corrected chi connectivity index (χ1v) is 7.15. The topological polar surface area (TPSA) is 52.6 Å². The van der Waals surface area contributed by atoms with Gasteiger partial charge in [-0.05, 0) is 38.5 Å². The summed E-state index contributed by atoms with van der Waals surface area (Å²) in [6.07, 6.45) is 4.35. The predicted octanol–water partition coefficient (Wildman–Crippen LogP) is 3.25. The summed E-state index contributed by atoms with van der Waals surface area (Å²) in [4.78, 5) is 22.4. The van der Waals surface area contributed by atoms with Crippen LogP contribution in [0.4, 0.5) is 0 Å². The van der Waals surface area contributed by atoms with Crippen LogP contribution in [0.3, 0.4) is 0 Å². The Bertz CT molecular complexity index is 382. The number of hydrogen-bond donors (Lipinski definition) is 0. The quantitative estimate of drug-likeness (QED) is 0.389. The van der Waals surface area contributed by atoms with Gasteiger partial charge in [0.1, 0.15) is 0 Å². The molecule has 1 atom stereocenters. The van der Waals surface area contributed by atoms with Gasteiger partial charge in [0.2, 0.25) is 0 Å². The SMILES string of the molecule is C=CCC(C)(C)COC(C)(C)CCC1CC(=O)OC1=O. The van der Waals surface area contributed by atoms with Gasteiger partial charge in [-0.1, -0.05) is 19.9 Å². The third kappa shape index (κ3) is 5.45. The molecule has 20 heavy (non-hydrogen) atoms. The van der Waals surface area contributed by atoms with Crippen molar-refractivity contribution in [2.45, 2.75) is 59.0 Å². The highest BCUT2D eigenvalue weighted by Gasteiger charge is 2.35. The van der Waals surface area contributed by atoms with E-state index < -0.39 is 11.9 Å². The van der Waals surface area contributed by atoms with Crippen LogP contribution in [0, 0.1) is 11.3 Å². The van der Waals surface area contributed by atoms with Gasteiger partial charge in [-0.3, -0.25) is 9.59 Å². The maximum Gasteiger partial charge on any atom is 0.317 e. The van der Waals surface area contributed by atoms with E-state index in [1.54, 1.807) is 0 Å². The Morgan fingerprint density at radius 1 is 1.35 bits per heavy atom. The largest absolute Gasteiger partial charge is 0.393 e. The van der Waals surface area contributed by atoms with Crippen molar-refractivity contribution in [3.63, 3.8) is 0 Å². The lowest BCUT2D eigenvalue weighted by Gasteiger charge is -2.31. The van der Waals surface area contributed by atoms with Crippen molar-refractivity contribution in [2.24, 2.45) is 11.3 Å². The Labute approximate surface area is 121 Å². The van der Waals surface area contributed by atoms with Gasteiger partial charge in [0.25, 0.3) is 0 Å². The zero-order valence-corrected chi connectivity index (χ0v) is 13.0. The number of ether oxygens (including phenoxy) is 2. The maximum atomic E-state index is 11.4. The summed E-state index contributed by atoms with van der Waals surface area (Å²) in [6, 6.07) is 0. The fourth-order valence-corrected chi connectivity index (χ4v) is 2.18. The highest BCUT2D eigenvalue weighted by atomic mass is 16.6. The predicted molar refractivity (Wildman–Crippen MR) is 77.1 cm³/mol. The molecule has 1 rings (SSSR count). The summed E-state index contributed by atoms with van der Waals surface area (Å²) in [6.45, 7) is 12.7. The number of rotatable bonds is 8. The fourth-order valence-electron chi connectivity index (χ4n) is 2.18. The second kappa shape index (κ2) is 6.53. The van der Waals surface area contributed by atoms with Crippen molar-refractivity contribution in [3.8, 4) is 0 Å². The van der Waals surface area contributed by atoms with Crippen molar-refractivity contribution in [2.75, 3.05) is 6.61 Å². The van der Waals surface area contributed by atoms with Crippen molar-refractivity contribution < 1.29 is 19.1 Å². The molecule has 0 saturated carbocycles. The standard InChI is InChI=1S/C16H26O4/c1-6-8-15(2,3)11-19-16(4,5)9-7-12-10-13(17)20-14(12)18/h6,12H,1,7-11H2,2-5H3. The zero-order chi connectivity index (χ0) is 15.4. The molecule has 4 heteroatoms. The smallest absolute Gasteiger partial charge is 0.317 e.